The van der Waals surface area contributed by atoms with Crippen LogP contribution in [-0.4, -0.2) is 20.1 Å². The maximum Gasteiger partial charge on any atom is 0.270 e. The van der Waals surface area contributed by atoms with Crippen LogP contribution in [0.5, 0.6) is 0 Å². The zero-order valence-electron chi connectivity index (χ0n) is 14.1. The number of hydrogen-bond acceptors (Lipinski definition) is 7. The molecule has 1 aromatic carbocycles. The molecule has 0 saturated heterocycles. The Hall–Kier alpha value is -2.38. The molecule has 0 aliphatic rings. The number of nitrogens with zero attached hydrogens (tertiary/aromatic N) is 4. The van der Waals surface area contributed by atoms with Gasteiger partial charge in [0, 0.05) is 16.5 Å². The predicted octanol–water partition coefficient (Wildman–Crippen LogP) is 5.16. The van der Waals surface area contributed by atoms with Gasteiger partial charge in [0.15, 0.2) is 0 Å². The van der Waals surface area contributed by atoms with E-state index in [0.717, 1.165) is 43.8 Å². The van der Waals surface area contributed by atoms with Crippen molar-refractivity contribution in [1.29, 1.82) is 0 Å². The molecule has 0 fully saturated rings. The maximum absolute atomic E-state index is 5.46. The molecular weight excluding hydrogens is 352 g/mol. The molecule has 5 nitrogen and oxygen atoms in total. The number of benzene rings is 1. The lowest BCUT2D eigenvalue weighted by Crippen LogP contribution is -1.85. The van der Waals surface area contributed by atoms with Crippen molar-refractivity contribution in [1.82, 2.24) is 20.1 Å². The Morgan fingerprint density at radius 1 is 1.08 bits per heavy atom. The molecule has 0 spiro atoms. The molecule has 0 atom stereocenters. The molecule has 0 aliphatic heterocycles. The molecule has 25 heavy (non-hydrogen) atoms. The first-order chi connectivity index (χ1) is 12.1. The Bertz CT molecular complexity index is 1030. The molecule has 0 aliphatic carbocycles. The van der Waals surface area contributed by atoms with E-state index in [1.165, 1.54) is 0 Å². The van der Waals surface area contributed by atoms with Gasteiger partial charge in [-0.25, -0.2) is 9.97 Å². The number of rotatable bonds is 4. The van der Waals surface area contributed by atoms with Crippen molar-refractivity contribution in [2.45, 2.75) is 27.2 Å². The first-order valence-electron chi connectivity index (χ1n) is 7.97. The van der Waals surface area contributed by atoms with Gasteiger partial charge in [-0.05, 0) is 26.3 Å². The topological polar surface area (TPSA) is 64.7 Å². The SMILES string of the molecule is CCc1nc(-c2cccc(-c3noc(-c4sc(C)nc4C)n3)c2)cs1. The van der Waals surface area contributed by atoms with E-state index in [2.05, 4.69) is 38.5 Å². The normalized spacial score (nSPS) is 11.2. The van der Waals surface area contributed by atoms with Gasteiger partial charge in [0.25, 0.3) is 5.89 Å². The summed E-state index contributed by atoms with van der Waals surface area (Å²) in [6, 6.07) is 8.08. The van der Waals surface area contributed by atoms with Crippen molar-refractivity contribution >= 4 is 22.7 Å². The molecule has 7 heteroatoms. The van der Waals surface area contributed by atoms with E-state index in [1.807, 2.05) is 32.0 Å². The third kappa shape index (κ3) is 3.12. The number of thiazole rings is 2. The average Bonchev–Trinajstić information content (AvgIpc) is 3.34. The van der Waals surface area contributed by atoms with Gasteiger partial charge in [-0.1, -0.05) is 30.3 Å². The fourth-order valence-corrected chi connectivity index (χ4v) is 4.18. The second-order valence-corrected chi connectivity index (χ2v) is 7.78. The van der Waals surface area contributed by atoms with Crippen LogP contribution in [0.1, 0.15) is 22.6 Å². The minimum absolute atomic E-state index is 0.519. The van der Waals surface area contributed by atoms with Gasteiger partial charge in [0.05, 0.1) is 21.4 Å². The van der Waals surface area contributed by atoms with Crippen LogP contribution in [0.4, 0.5) is 0 Å². The lowest BCUT2D eigenvalue weighted by molar-refractivity contribution is 0.433. The van der Waals surface area contributed by atoms with Crippen LogP contribution in [0, 0.1) is 13.8 Å². The highest BCUT2D eigenvalue weighted by Gasteiger charge is 2.16. The van der Waals surface area contributed by atoms with Crippen LogP contribution in [0.15, 0.2) is 34.2 Å². The van der Waals surface area contributed by atoms with Crippen LogP contribution in [-0.2, 0) is 6.42 Å². The Labute approximate surface area is 153 Å². The summed E-state index contributed by atoms with van der Waals surface area (Å²) >= 11 is 3.25. The van der Waals surface area contributed by atoms with Crippen LogP contribution in [0.3, 0.4) is 0 Å². The van der Waals surface area contributed by atoms with Gasteiger partial charge in [-0.2, -0.15) is 4.98 Å². The first kappa shape index (κ1) is 16.1. The minimum atomic E-state index is 0.519. The lowest BCUT2D eigenvalue weighted by Gasteiger charge is -1.99. The summed E-state index contributed by atoms with van der Waals surface area (Å²) in [4.78, 5) is 14.6. The van der Waals surface area contributed by atoms with E-state index in [-0.39, 0.29) is 0 Å². The summed E-state index contributed by atoms with van der Waals surface area (Å²) in [6.07, 6.45) is 0.951. The molecule has 3 aromatic heterocycles. The Kier molecular flexibility index (Phi) is 4.19. The van der Waals surface area contributed by atoms with E-state index in [4.69, 9.17) is 4.52 Å². The van der Waals surface area contributed by atoms with E-state index >= 15 is 0 Å². The van der Waals surface area contributed by atoms with Crippen molar-refractivity contribution in [3.63, 3.8) is 0 Å². The summed E-state index contributed by atoms with van der Waals surface area (Å²) in [5, 5.41) is 8.36. The second kappa shape index (κ2) is 6.50. The van der Waals surface area contributed by atoms with Crippen LogP contribution >= 0.6 is 22.7 Å². The van der Waals surface area contributed by atoms with Crippen molar-refractivity contribution in [2.75, 3.05) is 0 Å². The summed E-state index contributed by atoms with van der Waals surface area (Å²) in [6.45, 7) is 6.04. The average molecular weight is 368 g/mol. The van der Waals surface area contributed by atoms with Crippen LogP contribution in [0.2, 0.25) is 0 Å². The van der Waals surface area contributed by atoms with Crippen LogP contribution < -0.4 is 0 Å². The molecule has 0 saturated carbocycles. The summed E-state index contributed by atoms with van der Waals surface area (Å²) in [7, 11) is 0. The Balaban J connectivity index is 1.69. The zero-order valence-corrected chi connectivity index (χ0v) is 15.7. The highest BCUT2D eigenvalue weighted by Crippen LogP contribution is 2.31. The van der Waals surface area contributed by atoms with Gasteiger partial charge >= 0.3 is 0 Å². The van der Waals surface area contributed by atoms with Gasteiger partial charge < -0.3 is 4.52 Å². The Morgan fingerprint density at radius 3 is 2.64 bits per heavy atom. The first-order valence-corrected chi connectivity index (χ1v) is 9.67. The quantitative estimate of drug-likeness (QED) is 0.497. The molecule has 0 bridgehead atoms. The monoisotopic (exact) mass is 368 g/mol. The standard InChI is InChI=1S/C18H16N4OS2/c1-4-15-20-14(9-24-15)12-6-5-7-13(8-12)17-21-18(23-22-17)16-10(2)19-11(3)25-16/h5-9H,4H2,1-3H3. The van der Waals surface area contributed by atoms with E-state index in [1.54, 1.807) is 22.7 Å². The zero-order chi connectivity index (χ0) is 17.4. The molecule has 0 unspecified atom stereocenters. The van der Waals surface area contributed by atoms with Gasteiger partial charge in [0.1, 0.15) is 4.88 Å². The molecule has 0 amide bonds. The predicted molar refractivity (Wildman–Crippen MR) is 101 cm³/mol. The molecule has 4 aromatic rings. The van der Waals surface area contributed by atoms with Crippen molar-refractivity contribution in [2.24, 2.45) is 0 Å². The van der Waals surface area contributed by atoms with E-state index < -0.39 is 0 Å². The molecular formula is C18H16N4OS2. The summed E-state index contributed by atoms with van der Waals surface area (Å²) < 4.78 is 5.46. The molecule has 126 valence electrons. The number of hydrogen-bond donors (Lipinski definition) is 0. The number of aromatic nitrogens is 4. The van der Waals surface area contributed by atoms with Gasteiger partial charge in [-0.3, -0.25) is 0 Å². The highest BCUT2D eigenvalue weighted by atomic mass is 32.1. The highest BCUT2D eigenvalue weighted by molar-refractivity contribution is 7.15. The van der Waals surface area contributed by atoms with Crippen molar-refractivity contribution in [3.8, 4) is 33.4 Å². The van der Waals surface area contributed by atoms with Crippen LogP contribution in [0.25, 0.3) is 33.4 Å². The maximum atomic E-state index is 5.46. The fourth-order valence-electron chi connectivity index (χ4n) is 2.59. The van der Waals surface area contributed by atoms with E-state index in [9.17, 15) is 0 Å². The second-order valence-electron chi connectivity index (χ2n) is 5.63. The third-order valence-electron chi connectivity index (χ3n) is 3.79. The van der Waals surface area contributed by atoms with Gasteiger partial charge in [0.2, 0.25) is 5.82 Å². The molecule has 0 radical (unpaired) electrons. The lowest BCUT2D eigenvalue weighted by atomic mass is 10.1. The van der Waals surface area contributed by atoms with Crippen molar-refractivity contribution < 1.29 is 4.52 Å². The molecule has 4 rings (SSSR count). The van der Waals surface area contributed by atoms with Crippen molar-refractivity contribution in [3.05, 3.63) is 45.4 Å². The minimum Gasteiger partial charge on any atom is -0.333 e. The molecule has 3 heterocycles. The molecule has 0 N–H and O–H groups in total. The Morgan fingerprint density at radius 2 is 1.92 bits per heavy atom. The summed E-state index contributed by atoms with van der Waals surface area (Å²) in [5.41, 5.74) is 3.88. The van der Waals surface area contributed by atoms with Gasteiger partial charge in [-0.15, -0.1) is 22.7 Å². The van der Waals surface area contributed by atoms with E-state index in [0.29, 0.717) is 11.7 Å². The third-order valence-corrected chi connectivity index (χ3v) is 5.85. The largest absolute Gasteiger partial charge is 0.333 e. The smallest absolute Gasteiger partial charge is 0.270 e. The summed E-state index contributed by atoms with van der Waals surface area (Å²) in [5.74, 6) is 1.10. The fraction of sp³-hybridized carbons (Fsp3) is 0.222. The number of aryl methyl sites for hydroxylation is 3.